The molecule has 0 fully saturated rings. The topological polar surface area (TPSA) is 52.8 Å². The summed E-state index contributed by atoms with van der Waals surface area (Å²) in [5.74, 6) is 2.18. The van der Waals surface area contributed by atoms with Crippen molar-refractivity contribution < 1.29 is 14.3 Å². The van der Waals surface area contributed by atoms with Crippen LogP contribution in [0.2, 0.25) is 0 Å². The zero-order valence-corrected chi connectivity index (χ0v) is 16.5. The van der Waals surface area contributed by atoms with Crippen LogP contribution in [0, 0.1) is 0 Å². The number of aryl methyl sites for hydroxylation is 1. The molecule has 3 aromatic rings. The van der Waals surface area contributed by atoms with Gasteiger partial charge >= 0.3 is 0 Å². The molecule has 0 saturated carbocycles. The van der Waals surface area contributed by atoms with Gasteiger partial charge in [-0.1, -0.05) is 17.4 Å². The van der Waals surface area contributed by atoms with Gasteiger partial charge in [-0.15, -0.1) is 11.8 Å². The normalized spacial score (nSPS) is 11.7. The van der Waals surface area contributed by atoms with Crippen LogP contribution in [0.5, 0.6) is 11.5 Å². The highest BCUT2D eigenvalue weighted by Crippen LogP contribution is 2.26. The maximum atomic E-state index is 12.2. The molecule has 0 aliphatic rings. The van der Waals surface area contributed by atoms with Crippen LogP contribution in [-0.4, -0.2) is 30.4 Å². The lowest BCUT2D eigenvalue weighted by Gasteiger charge is -2.03. The van der Waals surface area contributed by atoms with E-state index in [0.29, 0.717) is 17.0 Å². The smallest absolute Gasteiger partial charge is 0.249 e. The number of carbonyl (C=O) groups excluding carboxylic acids is 1. The number of amides is 1. The molecule has 0 spiro atoms. The lowest BCUT2D eigenvalue weighted by molar-refractivity contribution is -0.117. The van der Waals surface area contributed by atoms with Crippen molar-refractivity contribution >= 4 is 39.2 Å². The number of hydrogen-bond donors (Lipinski definition) is 0. The average molecular weight is 389 g/mol. The highest BCUT2D eigenvalue weighted by atomic mass is 32.2. The Labute approximate surface area is 160 Å². The monoisotopic (exact) mass is 388 g/mol. The molecule has 2 aromatic carbocycles. The summed E-state index contributed by atoms with van der Waals surface area (Å²) in [6, 6.07) is 13.7. The number of rotatable bonds is 6. The Bertz CT molecular complexity index is 975. The van der Waals surface area contributed by atoms with Crippen LogP contribution in [0.25, 0.3) is 10.2 Å². The Kier molecular flexibility index (Phi) is 6.00. The number of methoxy groups -OCH3 is 2. The first kappa shape index (κ1) is 18.5. The Morgan fingerprint density at radius 2 is 1.92 bits per heavy atom. The van der Waals surface area contributed by atoms with Gasteiger partial charge in [-0.2, -0.15) is 4.99 Å². The number of para-hydroxylation sites is 1. The Hall–Kier alpha value is -2.25. The molecule has 0 aliphatic heterocycles. The van der Waals surface area contributed by atoms with Crippen LogP contribution >= 0.6 is 23.1 Å². The summed E-state index contributed by atoms with van der Waals surface area (Å²) in [6.07, 6.45) is 0.391. The minimum absolute atomic E-state index is 0.118. The molecule has 0 atom stereocenters. The van der Waals surface area contributed by atoms with Crippen LogP contribution in [-0.2, 0) is 11.8 Å². The van der Waals surface area contributed by atoms with Crippen LogP contribution < -0.4 is 14.3 Å². The van der Waals surface area contributed by atoms with Gasteiger partial charge in [0.05, 0.1) is 18.9 Å². The minimum atomic E-state index is -0.118. The van der Waals surface area contributed by atoms with Gasteiger partial charge in [0.15, 0.2) is 4.80 Å². The average Bonchev–Trinajstić information content (AvgIpc) is 2.98. The molecule has 1 heterocycles. The molecule has 7 heteroatoms. The first-order chi connectivity index (χ1) is 12.6. The highest BCUT2D eigenvalue weighted by Gasteiger charge is 2.09. The predicted octanol–water partition coefficient (Wildman–Crippen LogP) is 3.87. The molecule has 5 nitrogen and oxygen atoms in total. The lowest BCUT2D eigenvalue weighted by Crippen LogP contribution is -2.13. The third-order valence-electron chi connectivity index (χ3n) is 3.87. The summed E-state index contributed by atoms with van der Waals surface area (Å²) >= 11 is 3.12. The number of fused-ring (bicyclic) bond motifs is 1. The van der Waals surface area contributed by atoms with Gasteiger partial charge in [-0.05, 0) is 36.4 Å². The molecule has 136 valence electrons. The highest BCUT2D eigenvalue weighted by molar-refractivity contribution is 7.99. The fraction of sp³-hybridized carbons (Fsp3) is 0.263. The van der Waals surface area contributed by atoms with E-state index in [1.54, 1.807) is 26.0 Å². The second-order valence-corrected chi connectivity index (χ2v) is 7.71. The van der Waals surface area contributed by atoms with Gasteiger partial charge in [0.2, 0.25) is 5.91 Å². The van der Waals surface area contributed by atoms with E-state index >= 15 is 0 Å². The SMILES string of the molecule is COc1ccc(SCCC(=O)N=c2sc3cccc(OC)c3n2C)cc1. The molecule has 1 aromatic heterocycles. The van der Waals surface area contributed by atoms with E-state index < -0.39 is 0 Å². The van der Waals surface area contributed by atoms with E-state index in [-0.39, 0.29) is 5.91 Å². The third kappa shape index (κ3) is 4.11. The number of thiazole rings is 1. The molecular weight excluding hydrogens is 368 g/mol. The first-order valence-electron chi connectivity index (χ1n) is 8.09. The predicted molar refractivity (Wildman–Crippen MR) is 106 cm³/mol. The maximum absolute atomic E-state index is 12.2. The zero-order valence-electron chi connectivity index (χ0n) is 14.9. The van der Waals surface area contributed by atoms with Crippen LogP contribution in [0.15, 0.2) is 52.4 Å². The van der Waals surface area contributed by atoms with Crippen molar-refractivity contribution in [1.29, 1.82) is 0 Å². The molecule has 26 heavy (non-hydrogen) atoms. The van der Waals surface area contributed by atoms with E-state index in [4.69, 9.17) is 9.47 Å². The van der Waals surface area contributed by atoms with Crippen molar-refractivity contribution in [2.24, 2.45) is 12.0 Å². The van der Waals surface area contributed by atoms with Crippen LogP contribution in [0.3, 0.4) is 0 Å². The van der Waals surface area contributed by atoms with Gasteiger partial charge < -0.3 is 14.0 Å². The Morgan fingerprint density at radius 3 is 2.62 bits per heavy atom. The fourth-order valence-electron chi connectivity index (χ4n) is 2.53. The van der Waals surface area contributed by atoms with Crippen LogP contribution in [0.1, 0.15) is 6.42 Å². The fourth-order valence-corrected chi connectivity index (χ4v) is 4.42. The number of benzene rings is 2. The quantitative estimate of drug-likeness (QED) is 0.602. The summed E-state index contributed by atoms with van der Waals surface area (Å²) in [5, 5.41) is 0. The van der Waals surface area contributed by atoms with E-state index in [9.17, 15) is 4.79 Å². The number of ether oxygens (including phenoxy) is 2. The van der Waals surface area contributed by atoms with Gasteiger partial charge in [0.1, 0.15) is 17.0 Å². The van der Waals surface area contributed by atoms with Gasteiger partial charge in [0.25, 0.3) is 0 Å². The van der Waals surface area contributed by atoms with E-state index in [1.165, 1.54) is 11.3 Å². The Morgan fingerprint density at radius 1 is 1.15 bits per heavy atom. The van der Waals surface area contributed by atoms with Crippen LogP contribution in [0.4, 0.5) is 0 Å². The molecular formula is C19H20N2O3S2. The van der Waals surface area contributed by atoms with Crippen molar-refractivity contribution in [1.82, 2.24) is 4.57 Å². The minimum Gasteiger partial charge on any atom is -0.497 e. The standard InChI is InChI=1S/C19H20N2O3S2/c1-21-18-15(24-3)5-4-6-16(18)26-19(21)20-17(22)11-12-25-14-9-7-13(23-2)8-10-14/h4-10H,11-12H2,1-3H3. The second kappa shape index (κ2) is 8.42. The molecule has 0 unspecified atom stereocenters. The van der Waals surface area contributed by atoms with Gasteiger partial charge in [0, 0.05) is 24.1 Å². The lowest BCUT2D eigenvalue weighted by atomic mass is 10.3. The van der Waals surface area contributed by atoms with Crippen molar-refractivity contribution in [3.05, 3.63) is 47.3 Å². The summed E-state index contributed by atoms with van der Waals surface area (Å²) in [7, 11) is 5.19. The van der Waals surface area contributed by atoms with Gasteiger partial charge in [-0.25, -0.2) is 0 Å². The zero-order chi connectivity index (χ0) is 18.5. The summed E-state index contributed by atoms with van der Waals surface area (Å²) in [4.78, 5) is 18.3. The molecule has 0 bridgehead atoms. The van der Waals surface area contributed by atoms with E-state index in [2.05, 4.69) is 4.99 Å². The molecule has 1 amide bonds. The van der Waals surface area contributed by atoms with Gasteiger partial charge in [-0.3, -0.25) is 4.79 Å². The van der Waals surface area contributed by atoms with E-state index in [1.807, 2.05) is 54.1 Å². The van der Waals surface area contributed by atoms with Crippen molar-refractivity contribution in [2.75, 3.05) is 20.0 Å². The number of nitrogens with zero attached hydrogens (tertiary/aromatic N) is 2. The first-order valence-corrected chi connectivity index (χ1v) is 9.89. The molecule has 0 saturated heterocycles. The van der Waals surface area contributed by atoms with E-state index in [0.717, 1.165) is 26.6 Å². The Balaban J connectivity index is 1.68. The number of thioether (sulfide) groups is 1. The maximum Gasteiger partial charge on any atom is 0.249 e. The van der Waals surface area contributed by atoms with Crippen molar-refractivity contribution in [3.8, 4) is 11.5 Å². The molecule has 0 radical (unpaired) electrons. The summed E-state index contributed by atoms with van der Waals surface area (Å²) in [5.41, 5.74) is 0.958. The van der Waals surface area contributed by atoms with Crippen molar-refractivity contribution in [3.63, 3.8) is 0 Å². The number of carbonyl (C=O) groups is 1. The summed E-state index contributed by atoms with van der Waals surface area (Å²) in [6.45, 7) is 0. The molecule has 0 N–H and O–H groups in total. The largest absolute Gasteiger partial charge is 0.497 e. The third-order valence-corrected chi connectivity index (χ3v) is 5.98. The summed E-state index contributed by atoms with van der Waals surface area (Å²) < 4.78 is 13.5. The number of aromatic nitrogens is 1. The molecule has 0 aliphatic carbocycles. The molecule has 3 rings (SSSR count). The second-order valence-electron chi connectivity index (χ2n) is 5.53. The van der Waals surface area contributed by atoms with Crippen molar-refractivity contribution in [2.45, 2.75) is 11.3 Å². The number of hydrogen-bond acceptors (Lipinski definition) is 5.